The lowest BCUT2D eigenvalue weighted by molar-refractivity contribution is 0.471. The van der Waals surface area contributed by atoms with Gasteiger partial charge >= 0.3 is 0 Å². The zero-order valence-electron chi connectivity index (χ0n) is 7.26. The van der Waals surface area contributed by atoms with Gasteiger partial charge in [0.15, 0.2) is 0 Å². The van der Waals surface area contributed by atoms with Gasteiger partial charge in [0.25, 0.3) is 0 Å². The zero-order valence-corrected chi connectivity index (χ0v) is 7.26. The Bertz CT molecular complexity index is 250. The van der Waals surface area contributed by atoms with E-state index in [0.717, 1.165) is 5.56 Å². The van der Waals surface area contributed by atoms with Crippen LogP contribution in [0.4, 0.5) is 0 Å². The van der Waals surface area contributed by atoms with E-state index in [-0.39, 0.29) is 6.84 Å². The summed E-state index contributed by atoms with van der Waals surface area (Å²) in [7, 11) is 0. The van der Waals surface area contributed by atoms with Crippen molar-refractivity contribution in [2.24, 2.45) is 0 Å². The molecule has 0 aromatic heterocycles. The third-order valence-electron chi connectivity index (χ3n) is 1.71. The summed E-state index contributed by atoms with van der Waals surface area (Å²) < 4.78 is 0. The van der Waals surface area contributed by atoms with Crippen LogP contribution in [0.3, 0.4) is 0 Å². The highest BCUT2D eigenvalue weighted by molar-refractivity contribution is 5.31. The molecule has 1 N–H and O–H groups in total. The van der Waals surface area contributed by atoms with Gasteiger partial charge in [-0.2, -0.15) is 0 Å². The third kappa shape index (κ3) is 1.97. The highest BCUT2D eigenvalue weighted by atomic mass is 16.3. The predicted octanol–water partition coefficient (Wildman–Crippen LogP) is 2.94. The van der Waals surface area contributed by atoms with Crippen molar-refractivity contribution < 1.29 is 6.53 Å². The van der Waals surface area contributed by atoms with E-state index in [2.05, 4.69) is 20.8 Å². The lowest BCUT2D eigenvalue weighted by Crippen LogP contribution is -2.10. The smallest absolute Gasteiger partial charge is 0.115 e. The summed E-state index contributed by atoms with van der Waals surface area (Å²) in [5.41, 5.74) is 1.29. The molecule has 0 aliphatic rings. The molecule has 0 heterocycles. The van der Waals surface area contributed by atoms with E-state index in [4.69, 9.17) is 0 Å². The van der Waals surface area contributed by atoms with Crippen LogP contribution >= 0.6 is 0 Å². The summed E-state index contributed by atoms with van der Waals surface area (Å²) in [6.45, 7) is 6.38. The third-order valence-corrected chi connectivity index (χ3v) is 1.71. The molecule has 0 saturated carbocycles. The molecule has 1 heteroatoms. The largest absolute Gasteiger partial charge is 0.508 e. The molecule has 0 atom stereocenters. The van der Waals surface area contributed by atoms with E-state index in [1.165, 1.54) is 0 Å². The van der Waals surface area contributed by atoms with Crippen LogP contribution in [0.1, 0.15) is 27.8 Å². The van der Waals surface area contributed by atoms with Crippen LogP contribution in [0.2, 0.25) is 0 Å². The molecule has 11 heavy (non-hydrogen) atoms. The van der Waals surface area contributed by atoms with Gasteiger partial charge in [0.1, 0.15) is 5.75 Å². The van der Waals surface area contributed by atoms with Gasteiger partial charge < -0.3 is 5.11 Å². The first kappa shape index (κ1) is 8.12. The summed E-state index contributed by atoms with van der Waals surface area (Å²) in [6, 6.07) is 7.39. The molecule has 1 rings (SSSR count). The summed E-state index contributed by atoms with van der Waals surface area (Å²) in [5.74, 6) is 0.345. The van der Waals surface area contributed by atoms with E-state index in [0.29, 0.717) is 5.75 Å². The van der Waals surface area contributed by atoms with E-state index in [1.807, 2.05) is 12.1 Å². The fraction of sp³-hybridized carbons (Fsp3) is 0.400. The molecule has 0 fully saturated rings. The SMILES string of the molecule is CC(C)(C)c1cccc(O)c1.[2HH]. The van der Waals surface area contributed by atoms with Crippen LogP contribution in [-0.2, 0) is 5.41 Å². The van der Waals surface area contributed by atoms with Gasteiger partial charge in [0.2, 0.25) is 0 Å². The number of aromatic hydroxyl groups is 1. The normalized spacial score (nSPS) is 11.5. The molecule has 0 aliphatic carbocycles. The number of rotatable bonds is 0. The van der Waals surface area contributed by atoms with Crippen molar-refractivity contribution in [1.29, 1.82) is 0 Å². The Hall–Kier alpha value is -0.980. The fourth-order valence-corrected chi connectivity index (χ4v) is 0.972. The number of phenols is 1. The number of benzene rings is 1. The average Bonchev–Trinajstić information content (AvgIpc) is 1.86. The molecule has 0 spiro atoms. The standard InChI is InChI=1S/C10H14O.H2/c1-10(2,3)8-5-4-6-9(11)7-8;/h4-7,11H,1-3H3;1H/i;1+1. The first-order valence-corrected chi connectivity index (χ1v) is 3.79. The van der Waals surface area contributed by atoms with Crippen LogP contribution < -0.4 is 0 Å². The van der Waals surface area contributed by atoms with Gasteiger partial charge in [0, 0.05) is 1.43 Å². The van der Waals surface area contributed by atoms with Crippen molar-refractivity contribution in [2.75, 3.05) is 0 Å². The molecule has 0 amide bonds. The summed E-state index contributed by atoms with van der Waals surface area (Å²) in [6.07, 6.45) is 0. The molecule has 1 aromatic rings. The molecular formula is C10H16O. The topological polar surface area (TPSA) is 20.2 Å². The van der Waals surface area contributed by atoms with E-state index in [9.17, 15) is 5.11 Å². The highest BCUT2D eigenvalue weighted by Gasteiger charge is 2.12. The molecule has 1 nitrogen and oxygen atoms in total. The predicted molar refractivity (Wildman–Crippen MR) is 48.9 cm³/mol. The van der Waals surface area contributed by atoms with Gasteiger partial charge in [-0.1, -0.05) is 32.9 Å². The zero-order chi connectivity index (χ0) is 8.48. The minimum atomic E-state index is 0. The van der Waals surface area contributed by atoms with Gasteiger partial charge in [-0.05, 0) is 23.1 Å². The molecule has 0 bridgehead atoms. The van der Waals surface area contributed by atoms with Crippen molar-refractivity contribution >= 4 is 0 Å². The maximum absolute atomic E-state index is 9.18. The van der Waals surface area contributed by atoms with E-state index < -0.39 is 0 Å². The molecule has 62 valence electrons. The van der Waals surface area contributed by atoms with Crippen LogP contribution in [0.25, 0.3) is 0 Å². The Labute approximate surface area is 69.2 Å². The van der Waals surface area contributed by atoms with Crippen molar-refractivity contribution in [3.05, 3.63) is 29.8 Å². The van der Waals surface area contributed by atoms with Gasteiger partial charge in [-0.25, -0.2) is 0 Å². The van der Waals surface area contributed by atoms with Crippen LogP contribution in [-0.4, -0.2) is 5.11 Å². The van der Waals surface area contributed by atoms with E-state index >= 15 is 0 Å². The second-order valence-electron chi connectivity index (χ2n) is 3.80. The minimum Gasteiger partial charge on any atom is -0.508 e. The van der Waals surface area contributed by atoms with Crippen LogP contribution in [0.5, 0.6) is 5.75 Å². The second-order valence-corrected chi connectivity index (χ2v) is 3.80. The van der Waals surface area contributed by atoms with E-state index in [1.54, 1.807) is 12.1 Å². The highest BCUT2D eigenvalue weighted by Crippen LogP contribution is 2.24. The van der Waals surface area contributed by atoms with Crippen LogP contribution in [0.15, 0.2) is 24.3 Å². The number of hydrogen-bond donors (Lipinski definition) is 1. The number of hydrogen-bond acceptors (Lipinski definition) is 1. The quantitative estimate of drug-likeness (QED) is 0.607. The molecule has 0 radical (unpaired) electrons. The summed E-state index contributed by atoms with van der Waals surface area (Å²) in [5, 5.41) is 9.18. The molecule has 0 saturated heterocycles. The Morgan fingerprint density at radius 1 is 1.27 bits per heavy atom. The van der Waals surface area contributed by atoms with Gasteiger partial charge in [0.05, 0.1) is 0 Å². The maximum Gasteiger partial charge on any atom is 0.115 e. The van der Waals surface area contributed by atoms with Crippen molar-refractivity contribution in [3.8, 4) is 5.75 Å². The molecule has 0 unspecified atom stereocenters. The summed E-state index contributed by atoms with van der Waals surface area (Å²) in [4.78, 5) is 0. The van der Waals surface area contributed by atoms with Crippen molar-refractivity contribution in [1.82, 2.24) is 0 Å². The Morgan fingerprint density at radius 2 is 1.91 bits per heavy atom. The van der Waals surface area contributed by atoms with Crippen molar-refractivity contribution in [2.45, 2.75) is 26.2 Å². The molecule has 0 aliphatic heterocycles. The first-order chi connectivity index (χ1) is 5.00. The minimum absolute atomic E-state index is 0. The Balaban J connectivity index is 0.00000121. The molecule has 1 aromatic carbocycles. The first-order valence-electron chi connectivity index (χ1n) is 3.79. The van der Waals surface area contributed by atoms with Gasteiger partial charge in [-0.15, -0.1) is 0 Å². The van der Waals surface area contributed by atoms with Crippen molar-refractivity contribution in [3.63, 3.8) is 0 Å². The monoisotopic (exact) mass is 153 g/mol. The fourth-order valence-electron chi connectivity index (χ4n) is 0.972. The Morgan fingerprint density at radius 3 is 2.27 bits per heavy atom. The Kier molecular flexibility index (Phi) is 1.90. The lowest BCUT2D eigenvalue weighted by atomic mass is 9.87. The number of phenolic OH excluding ortho intramolecular Hbond substituents is 1. The van der Waals surface area contributed by atoms with Gasteiger partial charge in [-0.3, -0.25) is 0 Å². The average molecular weight is 153 g/mol. The summed E-state index contributed by atoms with van der Waals surface area (Å²) >= 11 is 0. The molecular weight excluding hydrogens is 136 g/mol. The lowest BCUT2D eigenvalue weighted by Gasteiger charge is -2.18. The maximum atomic E-state index is 9.18. The second kappa shape index (κ2) is 2.57. The van der Waals surface area contributed by atoms with Crippen LogP contribution in [0, 0.1) is 0 Å².